The topological polar surface area (TPSA) is 46.9 Å². The first-order valence-corrected chi connectivity index (χ1v) is 8.60. The molecule has 1 fully saturated rings. The fourth-order valence-electron chi connectivity index (χ4n) is 3.70. The van der Waals surface area contributed by atoms with Crippen molar-refractivity contribution in [1.29, 1.82) is 0 Å². The fourth-order valence-corrected chi connectivity index (χ4v) is 3.70. The standard InChI is InChI=1S/C19H24FN3O/c1-15-21-11-13-23(15)12-8-18(24)22-14-19(9-4-5-10-19)16-6-2-3-7-17(16)20/h2-3,6-7,11,13H,4-5,8-10,12,14H2,1H3,(H,22,24). The van der Waals surface area contributed by atoms with Crippen LogP contribution in [-0.2, 0) is 16.8 Å². The van der Waals surface area contributed by atoms with Gasteiger partial charge in [-0.15, -0.1) is 0 Å². The van der Waals surface area contributed by atoms with E-state index in [1.807, 2.05) is 29.8 Å². The lowest BCUT2D eigenvalue weighted by atomic mass is 9.78. The lowest BCUT2D eigenvalue weighted by Crippen LogP contribution is -2.39. The van der Waals surface area contributed by atoms with Crippen LogP contribution in [-0.4, -0.2) is 22.0 Å². The normalized spacial score (nSPS) is 16.2. The lowest BCUT2D eigenvalue weighted by Gasteiger charge is -2.30. The van der Waals surface area contributed by atoms with Crippen molar-refractivity contribution < 1.29 is 9.18 Å². The van der Waals surface area contributed by atoms with E-state index in [1.54, 1.807) is 12.3 Å². The molecule has 1 amide bonds. The molecule has 24 heavy (non-hydrogen) atoms. The van der Waals surface area contributed by atoms with Gasteiger partial charge in [-0.05, 0) is 31.4 Å². The van der Waals surface area contributed by atoms with Gasteiger partial charge in [0, 0.05) is 37.3 Å². The van der Waals surface area contributed by atoms with E-state index in [0.717, 1.165) is 37.1 Å². The summed E-state index contributed by atoms with van der Waals surface area (Å²) in [5.74, 6) is 0.745. The van der Waals surface area contributed by atoms with Gasteiger partial charge in [0.05, 0.1) is 0 Å². The molecule has 1 aliphatic carbocycles. The molecule has 1 aromatic heterocycles. The highest BCUT2D eigenvalue weighted by atomic mass is 19.1. The summed E-state index contributed by atoms with van der Waals surface area (Å²) in [4.78, 5) is 16.4. The predicted molar refractivity (Wildman–Crippen MR) is 91.1 cm³/mol. The number of carbonyl (C=O) groups is 1. The Labute approximate surface area is 142 Å². The molecule has 1 aliphatic rings. The first-order chi connectivity index (χ1) is 11.6. The van der Waals surface area contributed by atoms with Gasteiger partial charge in [0.15, 0.2) is 0 Å². The minimum atomic E-state index is -0.258. The molecule has 4 nitrogen and oxygen atoms in total. The van der Waals surface area contributed by atoms with E-state index in [0.29, 0.717) is 19.5 Å². The third-order valence-corrected chi connectivity index (χ3v) is 5.13. The Bertz CT molecular complexity index is 704. The SMILES string of the molecule is Cc1nccn1CCC(=O)NCC1(c2ccccc2F)CCCC1. The zero-order valence-electron chi connectivity index (χ0n) is 14.1. The molecule has 2 aromatic rings. The largest absolute Gasteiger partial charge is 0.355 e. The van der Waals surface area contributed by atoms with E-state index in [2.05, 4.69) is 10.3 Å². The Morgan fingerprint density at radius 3 is 2.75 bits per heavy atom. The van der Waals surface area contributed by atoms with Crippen molar-refractivity contribution in [2.45, 2.75) is 51.0 Å². The Morgan fingerprint density at radius 2 is 2.08 bits per heavy atom. The molecular formula is C19H24FN3O. The van der Waals surface area contributed by atoms with Crippen molar-refractivity contribution in [3.05, 3.63) is 53.9 Å². The van der Waals surface area contributed by atoms with Crippen LogP contribution in [0.1, 0.15) is 43.5 Å². The fraction of sp³-hybridized carbons (Fsp3) is 0.474. The number of halogens is 1. The molecule has 0 unspecified atom stereocenters. The van der Waals surface area contributed by atoms with Gasteiger partial charge in [-0.1, -0.05) is 31.0 Å². The van der Waals surface area contributed by atoms with Gasteiger partial charge in [-0.25, -0.2) is 9.37 Å². The smallest absolute Gasteiger partial charge is 0.221 e. The van der Waals surface area contributed by atoms with Crippen LogP contribution in [0.2, 0.25) is 0 Å². The van der Waals surface area contributed by atoms with Gasteiger partial charge in [0.1, 0.15) is 11.6 Å². The quantitative estimate of drug-likeness (QED) is 0.883. The van der Waals surface area contributed by atoms with Crippen LogP contribution in [0.3, 0.4) is 0 Å². The van der Waals surface area contributed by atoms with Crippen molar-refractivity contribution >= 4 is 5.91 Å². The van der Waals surface area contributed by atoms with Crippen LogP contribution in [0.25, 0.3) is 0 Å². The van der Waals surface area contributed by atoms with Crippen LogP contribution < -0.4 is 5.32 Å². The van der Waals surface area contributed by atoms with Gasteiger partial charge in [0.2, 0.25) is 5.91 Å². The third kappa shape index (κ3) is 3.50. The summed E-state index contributed by atoms with van der Waals surface area (Å²) in [6.45, 7) is 3.05. The molecule has 0 radical (unpaired) electrons. The monoisotopic (exact) mass is 329 g/mol. The van der Waals surface area contributed by atoms with Crippen molar-refractivity contribution in [2.24, 2.45) is 0 Å². The number of aryl methyl sites for hydroxylation is 2. The highest BCUT2D eigenvalue weighted by Crippen LogP contribution is 2.41. The van der Waals surface area contributed by atoms with E-state index in [9.17, 15) is 9.18 Å². The van der Waals surface area contributed by atoms with Crippen LogP contribution >= 0.6 is 0 Å². The Balaban J connectivity index is 1.61. The number of hydrogen-bond acceptors (Lipinski definition) is 2. The van der Waals surface area contributed by atoms with Crippen molar-refractivity contribution in [1.82, 2.24) is 14.9 Å². The number of aromatic nitrogens is 2. The van der Waals surface area contributed by atoms with Gasteiger partial charge in [-0.2, -0.15) is 0 Å². The Morgan fingerprint density at radius 1 is 1.33 bits per heavy atom. The van der Waals surface area contributed by atoms with E-state index >= 15 is 0 Å². The summed E-state index contributed by atoms with van der Waals surface area (Å²) in [6.07, 6.45) is 8.03. The molecule has 0 saturated heterocycles. The van der Waals surface area contributed by atoms with E-state index in [-0.39, 0.29) is 17.1 Å². The molecule has 0 bridgehead atoms. The minimum absolute atomic E-state index is 0.00529. The zero-order valence-corrected chi connectivity index (χ0v) is 14.1. The van der Waals surface area contributed by atoms with Gasteiger partial charge in [-0.3, -0.25) is 4.79 Å². The van der Waals surface area contributed by atoms with Gasteiger partial charge in [0.25, 0.3) is 0 Å². The molecule has 0 aliphatic heterocycles. The molecule has 0 atom stereocenters. The first kappa shape index (κ1) is 16.7. The lowest BCUT2D eigenvalue weighted by molar-refractivity contribution is -0.121. The van der Waals surface area contributed by atoms with Crippen LogP contribution in [0.15, 0.2) is 36.7 Å². The van der Waals surface area contributed by atoms with Crippen molar-refractivity contribution in [3.63, 3.8) is 0 Å². The molecule has 128 valence electrons. The van der Waals surface area contributed by atoms with E-state index in [4.69, 9.17) is 0 Å². The number of carbonyl (C=O) groups excluding carboxylic acids is 1. The minimum Gasteiger partial charge on any atom is -0.355 e. The van der Waals surface area contributed by atoms with Gasteiger partial charge < -0.3 is 9.88 Å². The highest BCUT2D eigenvalue weighted by Gasteiger charge is 2.37. The number of benzene rings is 1. The molecule has 0 spiro atoms. The summed E-state index contributed by atoms with van der Waals surface area (Å²) in [5, 5.41) is 3.03. The maximum Gasteiger partial charge on any atom is 0.221 e. The zero-order chi connectivity index (χ0) is 17.0. The average molecular weight is 329 g/mol. The average Bonchev–Trinajstić information content (AvgIpc) is 3.21. The van der Waals surface area contributed by atoms with Crippen LogP contribution in [0, 0.1) is 12.7 Å². The van der Waals surface area contributed by atoms with Crippen molar-refractivity contribution in [2.75, 3.05) is 6.54 Å². The Kier molecular flexibility index (Phi) is 4.97. The first-order valence-electron chi connectivity index (χ1n) is 8.60. The summed E-state index contributed by atoms with van der Waals surface area (Å²) in [7, 11) is 0. The summed E-state index contributed by atoms with van der Waals surface area (Å²) in [5.41, 5.74) is 0.486. The summed E-state index contributed by atoms with van der Waals surface area (Å²) < 4.78 is 16.2. The second kappa shape index (κ2) is 7.16. The summed E-state index contributed by atoms with van der Waals surface area (Å²) >= 11 is 0. The number of rotatable bonds is 6. The predicted octanol–water partition coefficient (Wildman–Crippen LogP) is 3.35. The summed E-state index contributed by atoms with van der Waals surface area (Å²) in [6, 6.07) is 6.97. The number of nitrogens with zero attached hydrogens (tertiary/aromatic N) is 2. The molecule has 1 heterocycles. The Hall–Kier alpha value is -2.17. The van der Waals surface area contributed by atoms with E-state index in [1.165, 1.54) is 6.07 Å². The third-order valence-electron chi connectivity index (χ3n) is 5.13. The van der Waals surface area contributed by atoms with E-state index < -0.39 is 0 Å². The van der Waals surface area contributed by atoms with Gasteiger partial charge >= 0.3 is 0 Å². The number of nitrogens with one attached hydrogen (secondary N) is 1. The number of hydrogen-bond donors (Lipinski definition) is 1. The molecular weight excluding hydrogens is 305 g/mol. The molecule has 5 heteroatoms. The maximum absolute atomic E-state index is 14.3. The van der Waals surface area contributed by atoms with Crippen LogP contribution in [0.5, 0.6) is 0 Å². The maximum atomic E-state index is 14.3. The second-order valence-corrected chi connectivity index (χ2v) is 6.66. The second-order valence-electron chi connectivity index (χ2n) is 6.66. The van der Waals surface area contributed by atoms with Crippen LogP contribution in [0.4, 0.5) is 4.39 Å². The molecule has 1 saturated carbocycles. The van der Waals surface area contributed by atoms with Crippen molar-refractivity contribution in [3.8, 4) is 0 Å². The molecule has 1 N–H and O–H groups in total. The number of amides is 1. The highest BCUT2D eigenvalue weighted by molar-refractivity contribution is 5.76. The molecule has 1 aromatic carbocycles. The number of imidazole rings is 1. The molecule has 3 rings (SSSR count).